The first-order valence-corrected chi connectivity index (χ1v) is 9.72. The van der Waals surface area contributed by atoms with Crippen LogP contribution in [-0.4, -0.2) is 46.6 Å². The molecule has 0 unspecified atom stereocenters. The third kappa shape index (κ3) is 2.76. The molecule has 0 bridgehead atoms. The van der Waals surface area contributed by atoms with E-state index in [1.807, 2.05) is 12.1 Å². The molecule has 0 aliphatic carbocycles. The van der Waals surface area contributed by atoms with Gasteiger partial charge in [-0.3, -0.25) is 4.90 Å². The Morgan fingerprint density at radius 1 is 1.00 bits per heavy atom. The number of ether oxygens (including phenoxy) is 6. The van der Waals surface area contributed by atoms with Gasteiger partial charge < -0.3 is 28.4 Å². The van der Waals surface area contributed by atoms with Crippen LogP contribution in [-0.2, 0) is 15.9 Å². The molecular weight excluding hydrogens is 374 g/mol. The van der Waals surface area contributed by atoms with Crippen molar-refractivity contribution in [1.82, 2.24) is 4.90 Å². The Hall–Kier alpha value is -2.48. The number of rotatable bonds is 3. The van der Waals surface area contributed by atoms with E-state index in [0.29, 0.717) is 5.75 Å². The number of fused-ring (bicyclic) bond motifs is 7. The summed E-state index contributed by atoms with van der Waals surface area (Å²) in [5, 5.41) is 0. The topological polar surface area (TPSA) is 58.6 Å². The lowest BCUT2D eigenvalue weighted by Gasteiger charge is -2.41. The Labute approximate surface area is 170 Å². The third-order valence-corrected chi connectivity index (χ3v) is 6.10. The zero-order valence-corrected chi connectivity index (χ0v) is 17.1. The summed E-state index contributed by atoms with van der Waals surface area (Å²) in [4.78, 5) is 2.33. The molecule has 3 aliphatic heterocycles. The fourth-order valence-corrected chi connectivity index (χ4v) is 4.69. The molecular formula is C22H25NO6. The van der Waals surface area contributed by atoms with E-state index >= 15 is 0 Å². The molecule has 3 aliphatic rings. The van der Waals surface area contributed by atoms with Crippen LogP contribution in [0.25, 0.3) is 0 Å². The highest BCUT2D eigenvalue weighted by Crippen LogP contribution is 2.55. The van der Waals surface area contributed by atoms with Crippen molar-refractivity contribution in [3.05, 3.63) is 46.5 Å². The summed E-state index contributed by atoms with van der Waals surface area (Å²) in [6, 6.07) is 8.20. The van der Waals surface area contributed by atoms with E-state index in [0.717, 1.165) is 46.9 Å². The summed E-state index contributed by atoms with van der Waals surface area (Å²) in [5.74, 6) is 2.88. The quantitative estimate of drug-likeness (QED) is 0.784. The lowest BCUT2D eigenvalue weighted by atomic mass is 9.87. The number of hydrogen-bond donors (Lipinski definition) is 0. The molecule has 0 radical (unpaired) electrons. The largest absolute Gasteiger partial charge is 0.493 e. The van der Waals surface area contributed by atoms with E-state index in [9.17, 15) is 0 Å². The average Bonchev–Trinajstić information content (AvgIpc) is 3.19. The van der Waals surface area contributed by atoms with Gasteiger partial charge in [0, 0.05) is 13.7 Å². The highest BCUT2D eigenvalue weighted by molar-refractivity contribution is 5.56. The predicted octanol–water partition coefficient (Wildman–Crippen LogP) is 3.38. The maximum Gasteiger partial charge on any atom is 0.231 e. The maximum absolute atomic E-state index is 6.55. The van der Waals surface area contributed by atoms with E-state index in [1.165, 1.54) is 5.56 Å². The standard InChI is InChI=1S/C22H25NO6/c1-23-8-7-12-9-16(24-2)17(25-3)10-14(12)20-19(23)13-5-6-15-21(28-11-27-15)18(13)22(26-4)29-20/h5-6,9-10,19-20,22H,7-8,11H2,1-4H3/t19-,20-,22+/m1/s1. The first-order valence-electron chi connectivity index (χ1n) is 9.72. The lowest BCUT2D eigenvalue weighted by Crippen LogP contribution is -2.35. The molecule has 0 spiro atoms. The number of methoxy groups -OCH3 is 3. The van der Waals surface area contributed by atoms with Gasteiger partial charge in [-0.25, -0.2) is 0 Å². The Morgan fingerprint density at radius 2 is 1.79 bits per heavy atom. The van der Waals surface area contributed by atoms with Gasteiger partial charge in [-0.1, -0.05) is 6.07 Å². The summed E-state index contributed by atoms with van der Waals surface area (Å²) < 4.78 is 34.7. The van der Waals surface area contributed by atoms with Crippen molar-refractivity contribution in [2.75, 3.05) is 41.7 Å². The number of benzene rings is 2. The van der Waals surface area contributed by atoms with Crippen molar-refractivity contribution in [2.24, 2.45) is 0 Å². The molecule has 29 heavy (non-hydrogen) atoms. The van der Waals surface area contributed by atoms with Gasteiger partial charge in [0.15, 0.2) is 29.3 Å². The molecule has 7 nitrogen and oxygen atoms in total. The zero-order chi connectivity index (χ0) is 20.1. The Kier molecular flexibility index (Phi) is 4.53. The van der Waals surface area contributed by atoms with E-state index < -0.39 is 6.29 Å². The van der Waals surface area contributed by atoms with Crippen molar-refractivity contribution >= 4 is 0 Å². The second-order valence-corrected chi connectivity index (χ2v) is 7.51. The molecule has 0 N–H and O–H groups in total. The van der Waals surface area contributed by atoms with Crippen LogP contribution in [0, 0.1) is 0 Å². The molecule has 3 atom stereocenters. The molecule has 154 valence electrons. The Morgan fingerprint density at radius 3 is 2.55 bits per heavy atom. The third-order valence-electron chi connectivity index (χ3n) is 6.10. The minimum atomic E-state index is -0.546. The lowest BCUT2D eigenvalue weighted by molar-refractivity contribution is -0.190. The van der Waals surface area contributed by atoms with Gasteiger partial charge in [0.05, 0.1) is 25.8 Å². The van der Waals surface area contributed by atoms with Crippen molar-refractivity contribution in [3.63, 3.8) is 0 Å². The van der Waals surface area contributed by atoms with E-state index in [2.05, 4.69) is 24.1 Å². The average molecular weight is 399 g/mol. The minimum Gasteiger partial charge on any atom is -0.493 e. The molecule has 0 amide bonds. The summed E-state index contributed by atoms with van der Waals surface area (Å²) in [6.07, 6.45) is 0.130. The van der Waals surface area contributed by atoms with Crippen LogP contribution < -0.4 is 18.9 Å². The first-order chi connectivity index (χ1) is 14.2. The second kappa shape index (κ2) is 7.09. The highest BCUT2D eigenvalue weighted by Gasteiger charge is 2.44. The number of likely N-dealkylation sites (N-methyl/N-ethyl adjacent to an activating group) is 1. The zero-order valence-electron chi connectivity index (χ0n) is 17.1. The van der Waals surface area contributed by atoms with Gasteiger partial charge >= 0.3 is 0 Å². The van der Waals surface area contributed by atoms with Crippen LogP contribution in [0.2, 0.25) is 0 Å². The van der Waals surface area contributed by atoms with E-state index in [1.54, 1.807) is 21.3 Å². The number of hydrogen-bond acceptors (Lipinski definition) is 7. The molecule has 0 saturated heterocycles. The maximum atomic E-state index is 6.55. The summed E-state index contributed by atoms with van der Waals surface area (Å²) in [6.45, 7) is 1.10. The molecule has 2 aromatic rings. The van der Waals surface area contributed by atoms with Crippen molar-refractivity contribution in [2.45, 2.75) is 24.9 Å². The van der Waals surface area contributed by atoms with Crippen molar-refractivity contribution < 1.29 is 28.4 Å². The van der Waals surface area contributed by atoms with Gasteiger partial charge in [-0.15, -0.1) is 0 Å². The van der Waals surface area contributed by atoms with Crippen molar-refractivity contribution in [1.29, 1.82) is 0 Å². The van der Waals surface area contributed by atoms with E-state index in [-0.39, 0.29) is 18.9 Å². The normalized spacial score (nSPS) is 24.9. The van der Waals surface area contributed by atoms with Crippen LogP contribution in [0.5, 0.6) is 23.0 Å². The van der Waals surface area contributed by atoms with Gasteiger partial charge in [-0.05, 0) is 48.4 Å². The van der Waals surface area contributed by atoms with Crippen LogP contribution in [0.3, 0.4) is 0 Å². The van der Waals surface area contributed by atoms with Gasteiger partial charge in [0.1, 0.15) is 6.10 Å². The minimum absolute atomic E-state index is 0.0188. The van der Waals surface area contributed by atoms with Crippen LogP contribution in [0.4, 0.5) is 0 Å². The van der Waals surface area contributed by atoms with Crippen LogP contribution in [0.15, 0.2) is 24.3 Å². The SMILES string of the molecule is COc1cc2c(cc1OC)[C@H]1O[C@H](OC)c3c(ccc4c3OCO4)[C@H]1N(C)CC2. The van der Waals surface area contributed by atoms with Crippen molar-refractivity contribution in [3.8, 4) is 23.0 Å². The summed E-state index contributed by atoms with van der Waals surface area (Å²) >= 11 is 0. The Bertz CT molecular complexity index is 945. The number of nitrogens with zero attached hydrogens (tertiary/aromatic N) is 1. The van der Waals surface area contributed by atoms with Gasteiger partial charge in [0.2, 0.25) is 6.79 Å². The Balaban J connectivity index is 1.69. The molecule has 0 saturated carbocycles. The fourth-order valence-electron chi connectivity index (χ4n) is 4.69. The van der Waals surface area contributed by atoms with Crippen LogP contribution in [0.1, 0.15) is 40.7 Å². The van der Waals surface area contributed by atoms with E-state index in [4.69, 9.17) is 28.4 Å². The van der Waals surface area contributed by atoms with Gasteiger partial charge in [0.25, 0.3) is 0 Å². The molecule has 5 rings (SSSR count). The smallest absolute Gasteiger partial charge is 0.231 e. The summed E-state index contributed by atoms with van der Waals surface area (Å²) in [7, 11) is 7.09. The first kappa shape index (κ1) is 18.5. The second-order valence-electron chi connectivity index (χ2n) is 7.51. The predicted molar refractivity (Wildman–Crippen MR) is 105 cm³/mol. The highest BCUT2D eigenvalue weighted by atomic mass is 16.7. The molecule has 7 heteroatoms. The van der Waals surface area contributed by atoms with Crippen LogP contribution >= 0.6 is 0 Å². The fraction of sp³-hybridized carbons (Fsp3) is 0.455. The molecule has 0 aromatic heterocycles. The van der Waals surface area contributed by atoms with Gasteiger partial charge in [-0.2, -0.15) is 0 Å². The molecule has 0 fully saturated rings. The molecule has 3 heterocycles. The molecule has 2 aromatic carbocycles. The monoisotopic (exact) mass is 399 g/mol. The summed E-state index contributed by atoms with van der Waals surface area (Å²) in [5.41, 5.74) is 4.35.